The average Bonchev–Trinajstić information content (AvgIpc) is 2.57. The number of rotatable bonds is 7. The SMILES string of the molecule is CCC[C@@H](C)NC(=O)C1CCN(S(=O)(=O)Cc2ccc(Cl)cc2Cl)CC1. The van der Waals surface area contributed by atoms with Gasteiger partial charge in [-0.1, -0.05) is 42.6 Å². The molecule has 0 spiro atoms. The van der Waals surface area contributed by atoms with E-state index >= 15 is 0 Å². The number of hydrogen-bond acceptors (Lipinski definition) is 3. The van der Waals surface area contributed by atoms with Crippen molar-refractivity contribution in [2.45, 2.75) is 51.3 Å². The highest BCUT2D eigenvalue weighted by Crippen LogP contribution is 2.26. The monoisotopic (exact) mass is 420 g/mol. The first kappa shape index (κ1) is 21.5. The second kappa shape index (κ2) is 9.40. The lowest BCUT2D eigenvalue weighted by molar-refractivity contribution is -0.126. The van der Waals surface area contributed by atoms with E-state index in [4.69, 9.17) is 23.2 Å². The Morgan fingerprint density at radius 1 is 1.31 bits per heavy atom. The van der Waals surface area contributed by atoms with Crippen molar-refractivity contribution < 1.29 is 13.2 Å². The van der Waals surface area contributed by atoms with E-state index in [2.05, 4.69) is 12.2 Å². The first-order valence-corrected chi connectivity index (χ1v) is 11.3. The van der Waals surface area contributed by atoms with Crippen LogP contribution in [0.2, 0.25) is 10.0 Å². The van der Waals surface area contributed by atoms with Gasteiger partial charge in [0.15, 0.2) is 0 Å². The minimum atomic E-state index is -3.48. The number of nitrogens with zero attached hydrogens (tertiary/aromatic N) is 1. The maximum Gasteiger partial charge on any atom is 0.223 e. The van der Waals surface area contributed by atoms with E-state index < -0.39 is 10.0 Å². The summed E-state index contributed by atoms with van der Waals surface area (Å²) in [6.45, 7) is 4.79. The highest BCUT2D eigenvalue weighted by atomic mass is 35.5. The second-order valence-electron chi connectivity index (χ2n) is 6.86. The molecule has 1 aromatic carbocycles. The minimum absolute atomic E-state index is 0.0312. The Morgan fingerprint density at radius 3 is 2.54 bits per heavy atom. The Morgan fingerprint density at radius 2 is 1.96 bits per heavy atom. The molecule has 1 saturated heterocycles. The summed E-state index contributed by atoms with van der Waals surface area (Å²) in [7, 11) is -3.48. The smallest absolute Gasteiger partial charge is 0.223 e. The van der Waals surface area contributed by atoms with Crippen LogP contribution in [0.15, 0.2) is 18.2 Å². The van der Waals surface area contributed by atoms with Gasteiger partial charge in [0.05, 0.1) is 5.75 Å². The zero-order valence-corrected chi connectivity index (χ0v) is 17.5. The standard InChI is InChI=1S/C18H26Cl2N2O3S/c1-3-4-13(2)21-18(23)14-7-9-22(10-8-14)26(24,25)12-15-5-6-16(19)11-17(15)20/h5-6,11,13-14H,3-4,7-10,12H2,1-2H3,(H,21,23)/t13-/m1/s1. The van der Waals surface area contributed by atoms with Crippen LogP contribution in [-0.2, 0) is 20.6 Å². The molecule has 1 amide bonds. The Labute approximate surface area is 166 Å². The van der Waals surface area contributed by atoms with Gasteiger partial charge >= 0.3 is 0 Å². The summed E-state index contributed by atoms with van der Waals surface area (Å²) in [5.41, 5.74) is 0.532. The predicted octanol–water partition coefficient (Wildman–Crippen LogP) is 3.84. The molecule has 0 radical (unpaired) electrons. The van der Waals surface area contributed by atoms with E-state index in [9.17, 15) is 13.2 Å². The van der Waals surface area contributed by atoms with Crippen molar-refractivity contribution in [3.63, 3.8) is 0 Å². The van der Waals surface area contributed by atoms with Gasteiger partial charge in [0.25, 0.3) is 0 Å². The van der Waals surface area contributed by atoms with Crippen molar-refractivity contribution in [3.8, 4) is 0 Å². The van der Waals surface area contributed by atoms with E-state index in [-0.39, 0.29) is 23.6 Å². The van der Waals surface area contributed by atoms with Crippen LogP contribution in [0.3, 0.4) is 0 Å². The molecule has 1 aromatic rings. The summed E-state index contributed by atoms with van der Waals surface area (Å²) in [6, 6.07) is 4.97. The van der Waals surface area contributed by atoms with E-state index in [1.165, 1.54) is 4.31 Å². The Balaban J connectivity index is 1.92. The molecule has 1 N–H and O–H groups in total. The van der Waals surface area contributed by atoms with Crippen molar-refractivity contribution >= 4 is 39.1 Å². The van der Waals surface area contributed by atoms with Crippen LogP contribution in [0.1, 0.15) is 45.1 Å². The molecule has 0 bridgehead atoms. The number of halogens is 2. The van der Waals surface area contributed by atoms with Gasteiger partial charge in [-0.3, -0.25) is 4.79 Å². The van der Waals surface area contributed by atoms with Gasteiger partial charge in [0.2, 0.25) is 15.9 Å². The molecule has 5 nitrogen and oxygen atoms in total. The molecule has 26 heavy (non-hydrogen) atoms. The normalized spacial score (nSPS) is 17.8. The van der Waals surface area contributed by atoms with E-state index in [1.54, 1.807) is 18.2 Å². The quantitative estimate of drug-likeness (QED) is 0.728. The number of benzene rings is 1. The predicted molar refractivity (Wildman–Crippen MR) is 106 cm³/mol. The molecule has 1 atom stereocenters. The van der Waals surface area contributed by atoms with Crippen LogP contribution in [0.5, 0.6) is 0 Å². The molecule has 1 aliphatic rings. The van der Waals surface area contributed by atoms with Crippen LogP contribution in [0, 0.1) is 5.92 Å². The molecule has 146 valence electrons. The number of piperidine rings is 1. The fourth-order valence-electron chi connectivity index (χ4n) is 3.19. The van der Waals surface area contributed by atoms with Gasteiger partial charge in [0.1, 0.15) is 0 Å². The summed E-state index contributed by atoms with van der Waals surface area (Å²) in [4.78, 5) is 12.3. The highest BCUT2D eigenvalue weighted by molar-refractivity contribution is 7.88. The maximum atomic E-state index is 12.7. The van der Waals surface area contributed by atoms with Crippen molar-refractivity contribution in [3.05, 3.63) is 33.8 Å². The highest BCUT2D eigenvalue weighted by Gasteiger charge is 2.31. The van der Waals surface area contributed by atoms with E-state index in [1.807, 2.05) is 6.92 Å². The molecule has 1 aliphatic heterocycles. The second-order valence-corrected chi connectivity index (χ2v) is 9.68. The minimum Gasteiger partial charge on any atom is -0.353 e. The third-order valence-electron chi connectivity index (χ3n) is 4.68. The third kappa shape index (κ3) is 5.84. The molecule has 1 fully saturated rings. The molecule has 2 rings (SSSR count). The molecule has 0 unspecified atom stereocenters. The third-order valence-corrected chi connectivity index (χ3v) is 7.10. The van der Waals surface area contributed by atoms with Gasteiger partial charge in [-0.2, -0.15) is 0 Å². The van der Waals surface area contributed by atoms with Crippen LogP contribution in [-0.4, -0.2) is 37.8 Å². The lowest BCUT2D eigenvalue weighted by Gasteiger charge is -2.31. The topological polar surface area (TPSA) is 66.5 Å². The number of nitrogens with one attached hydrogen (secondary N) is 1. The van der Waals surface area contributed by atoms with E-state index in [0.717, 1.165) is 12.8 Å². The van der Waals surface area contributed by atoms with Gasteiger partial charge in [-0.05, 0) is 43.9 Å². The van der Waals surface area contributed by atoms with Crippen LogP contribution in [0.25, 0.3) is 0 Å². The molecule has 0 aliphatic carbocycles. The molecule has 0 aromatic heterocycles. The van der Waals surface area contributed by atoms with Crippen LogP contribution < -0.4 is 5.32 Å². The van der Waals surface area contributed by atoms with Crippen molar-refractivity contribution in [1.82, 2.24) is 9.62 Å². The van der Waals surface area contributed by atoms with E-state index in [0.29, 0.717) is 41.5 Å². The summed E-state index contributed by atoms with van der Waals surface area (Å²) in [6.07, 6.45) is 3.04. The molecular weight excluding hydrogens is 395 g/mol. The fraction of sp³-hybridized carbons (Fsp3) is 0.611. The first-order chi connectivity index (χ1) is 12.2. The lowest BCUT2D eigenvalue weighted by atomic mass is 9.96. The maximum absolute atomic E-state index is 12.7. The molecule has 1 heterocycles. The lowest BCUT2D eigenvalue weighted by Crippen LogP contribution is -2.45. The van der Waals surface area contributed by atoms with Crippen molar-refractivity contribution in [2.24, 2.45) is 5.92 Å². The zero-order chi connectivity index (χ0) is 19.3. The molecular formula is C18H26Cl2N2O3S. The Hall–Kier alpha value is -0.820. The fourth-order valence-corrected chi connectivity index (χ4v) is 5.34. The Kier molecular flexibility index (Phi) is 7.76. The van der Waals surface area contributed by atoms with Gasteiger partial charge < -0.3 is 5.32 Å². The Bertz CT molecular complexity index is 732. The summed E-state index contributed by atoms with van der Waals surface area (Å²) >= 11 is 11.9. The number of sulfonamides is 1. The number of carbonyl (C=O) groups is 1. The molecule has 0 saturated carbocycles. The van der Waals surface area contributed by atoms with Gasteiger partial charge in [-0.25, -0.2) is 12.7 Å². The first-order valence-electron chi connectivity index (χ1n) is 8.95. The average molecular weight is 421 g/mol. The number of carbonyl (C=O) groups excluding carboxylic acids is 1. The number of amides is 1. The summed E-state index contributed by atoms with van der Waals surface area (Å²) in [5.74, 6) is -0.253. The number of hydrogen-bond donors (Lipinski definition) is 1. The van der Waals surface area contributed by atoms with Crippen molar-refractivity contribution in [2.75, 3.05) is 13.1 Å². The van der Waals surface area contributed by atoms with Gasteiger partial charge in [-0.15, -0.1) is 0 Å². The van der Waals surface area contributed by atoms with Crippen molar-refractivity contribution in [1.29, 1.82) is 0 Å². The largest absolute Gasteiger partial charge is 0.353 e. The summed E-state index contributed by atoms with van der Waals surface area (Å²) in [5, 5.41) is 3.84. The molecule has 8 heteroatoms. The van der Waals surface area contributed by atoms with Gasteiger partial charge in [0, 0.05) is 35.1 Å². The van der Waals surface area contributed by atoms with Crippen LogP contribution in [0.4, 0.5) is 0 Å². The van der Waals surface area contributed by atoms with Crippen LogP contribution >= 0.6 is 23.2 Å². The zero-order valence-electron chi connectivity index (χ0n) is 15.2. The summed E-state index contributed by atoms with van der Waals surface area (Å²) < 4.78 is 26.8.